The molecular formula is C16H19ClN2O. The predicted octanol–water partition coefficient (Wildman–Crippen LogP) is 4.28. The summed E-state index contributed by atoms with van der Waals surface area (Å²) in [5.74, 6) is 0.293. The molecule has 4 heteroatoms. The zero-order valence-corrected chi connectivity index (χ0v) is 12.6. The number of benzene rings is 2. The number of para-hydroxylation sites is 1. The SMILES string of the molecule is CC(Nc1cc(Cl)ccc1N(C)C)c1ccccc1O. The first-order chi connectivity index (χ1) is 9.49. The van der Waals surface area contributed by atoms with Crippen molar-refractivity contribution in [2.24, 2.45) is 0 Å². The zero-order chi connectivity index (χ0) is 14.7. The second-order valence-electron chi connectivity index (χ2n) is 4.98. The fraction of sp³-hybridized carbons (Fsp3) is 0.250. The van der Waals surface area contributed by atoms with Crippen LogP contribution in [0.2, 0.25) is 5.02 Å². The van der Waals surface area contributed by atoms with Gasteiger partial charge in [-0.05, 0) is 31.2 Å². The number of nitrogens with zero attached hydrogens (tertiary/aromatic N) is 1. The van der Waals surface area contributed by atoms with Gasteiger partial charge in [-0.2, -0.15) is 0 Å². The van der Waals surface area contributed by atoms with Crippen LogP contribution >= 0.6 is 11.6 Å². The molecule has 0 aliphatic rings. The van der Waals surface area contributed by atoms with Crippen LogP contribution in [0.3, 0.4) is 0 Å². The van der Waals surface area contributed by atoms with Gasteiger partial charge in [0.05, 0.1) is 17.4 Å². The first-order valence-electron chi connectivity index (χ1n) is 6.50. The van der Waals surface area contributed by atoms with Crippen LogP contribution in [0.1, 0.15) is 18.5 Å². The second kappa shape index (κ2) is 6.06. The van der Waals surface area contributed by atoms with Crippen molar-refractivity contribution in [3.05, 3.63) is 53.1 Å². The molecule has 20 heavy (non-hydrogen) atoms. The Bertz CT molecular complexity index is 599. The molecule has 106 valence electrons. The molecule has 0 spiro atoms. The number of phenols is 1. The third-order valence-electron chi connectivity index (χ3n) is 3.22. The number of phenolic OH excluding ortho intramolecular Hbond substituents is 1. The average molecular weight is 291 g/mol. The van der Waals surface area contributed by atoms with Crippen LogP contribution in [-0.4, -0.2) is 19.2 Å². The van der Waals surface area contributed by atoms with E-state index in [9.17, 15) is 5.11 Å². The third kappa shape index (κ3) is 3.17. The summed E-state index contributed by atoms with van der Waals surface area (Å²) in [6.07, 6.45) is 0. The smallest absolute Gasteiger partial charge is 0.120 e. The van der Waals surface area contributed by atoms with Crippen molar-refractivity contribution in [3.8, 4) is 5.75 Å². The zero-order valence-electron chi connectivity index (χ0n) is 11.9. The number of aromatic hydroxyl groups is 1. The second-order valence-corrected chi connectivity index (χ2v) is 5.42. The molecule has 0 saturated carbocycles. The largest absolute Gasteiger partial charge is 0.508 e. The first-order valence-corrected chi connectivity index (χ1v) is 6.88. The van der Waals surface area contributed by atoms with Gasteiger partial charge in [-0.3, -0.25) is 0 Å². The Morgan fingerprint density at radius 1 is 1.15 bits per heavy atom. The van der Waals surface area contributed by atoms with Crippen molar-refractivity contribution in [1.82, 2.24) is 0 Å². The van der Waals surface area contributed by atoms with Gasteiger partial charge in [0.15, 0.2) is 0 Å². The van der Waals surface area contributed by atoms with E-state index in [1.807, 2.05) is 62.3 Å². The lowest BCUT2D eigenvalue weighted by Gasteiger charge is -2.23. The Balaban J connectivity index is 2.30. The van der Waals surface area contributed by atoms with Crippen LogP contribution in [0.15, 0.2) is 42.5 Å². The van der Waals surface area contributed by atoms with E-state index in [-0.39, 0.29) is 6.04 Å². The van der Waals surface area contributed by atoms with Crippen molar-refractivity contribution >= 4 is 23.0 Å². The summed E-state index contributed by atoms with van der Waals surface area (Å²) >= 11 is 6.07. The van der Waals surface area contributed by atoms with Crippen molar-refractivity contribution in [1.29, 1.82) is 0 Å². The Labute approximate surface area is 124 Å². The molecule has 3 nitrogen and oxygen atoms in total. The van der Waals surface area contributed by atoms with Crippen LogP contribution < -0.4 is 10.2 Å². The van der Waals surface area contributed by atoms with E-state index in [0.717, 1.165) is 16.9 Å². The highest BCUT2D eigenvalue weighted by atomic mass is 35.5. The molecular weight excluding hydrogens is 272 g/mol. The number of nitrogens with one attached hydrogen (secondary N) is 1. The van der Waals surface area contributed by atoms with Crippen LogP contribution in [0, 0.1) is 0 Å². The molecule has 0 aliphatic carbocycles. The molecule has 0 fully saturated rings. The van der Waals surface area contributed by atoms with Gasteiger partial charge >= 0.3 is 0 Å². The van der Waals surface area contributed by atoms with E-state index in [2.05, 4.69) is 5.32 Å². The Morgan fingerprint density at radius 3 is 2.50 bits per heavy atom. The quantitative estimate of drug-likeness (QED) is 0.882. The lowest BCUT2D eigenvalue weighted by molar-refractivity contribution is 0.465. The summed E-state index contributed by atoms with van der Waals surface area (Å²) in [6, 6.07) is 13.1. The van der Waals surface area contributed by atoms with Gasteiger partial charge in [-0.1, -0.05) is 29.8 Å². The molecule has 0 saturated heterocycles. The molecule has 2 aromatic carbocycles. The number of anilines is 2. The van der Waals surface area contributed by atoms with Crippen LogP contribution in [-0.2, 0) is 0 Å². The fourth-order valence-electron chi connectivity index (χ4n) is 2.18. The van der Waals surface area contributed by atoms with Crippen molar-refractivity contribution < 1.29 is 5.11 Å². The van der Waals surface area contributed by atoms with Gasteiger partial charge in [0, 0.05) is 24.7 Å². The molecule has 2 aromatic rings. The summed E-state index contributed by atoms with van der Waals surface area (Å²) in [5, 5.41) is 14.0. The Morgan fingerprint density at radius 2 is 1.85 bits per heavy atom. The highest BCUT2D eigenvalue weighted by Crippen LogP contribution is 2.32. The van der Waals surface area contributed by atoms with Crippen LogP contribution in [0.4, 0.5) is 11.4 Å². The van der Waals surface area contributed by atoms with E-state index >= 15 is 0 Å². The Hall–Kier alpha value is -1.87. The molecule has 0 aliphatic heterocycles. The topological polar surface area (TPSA) is 35.5 Å². The summed E-state index contributed by atoms with van der Waals surface area (Å²) in [6.45, 7) is 2.01. The summed E-state index contributed by atoms with van der Waals surface area (Å²) in [5.41, 5.74) is 2.85. The number of halogens is 1. The summed E-state index contributed by atoms with van der Waals surface area (Å²) in [7, 11) is 3.97. The van der Waals surface area contributed by atoms with Gasteiger partial charge in [-0.15, -0.1) is 0 Å². The lowest BCUT2D eigenvalue weighted by Crippen LogP contribution is -2.14. The molecule has 0 bridgehead atoms. The van der Waals surface area contributed by atoms with Crippen molar-refractivity contribution in [2.45, 2.75) is 13.0 Å². The molecule has 0 heterocycles. The van der Waals surface area contributed by atoms with Gasteiger partial charge < -0.3 is 15.3 Å². The summed E-state index contributed by atoms with van der Waals surface area (Å²) < 4.78 is 0. The molecule has 1 atom stereocenters. The minimum atomic E-state index is -0.0200. The molecule has 2 rings (SSSR count). The van der Waals surface area contributed by atoms with Crippen molar-refractivity contribution in [2.75, 3.05) is 24.3 Å². The minimum absolute atomic E-state index is 0.0200. The van der Waals surface area contributed by atoms with E-state index in [4.69, 9.17) is 11.6 Å². The normalized spacial score (nSPS) is 12.0. The van der Waals surface area contributed by atoms with E-state index in [0.29, 0.717) is 10.8 Å². The molecule has 1 unspecified atom stereocenters. The third-order valence-corrected chi connectivity index (χ3v) is 3.45. The highest BCUT2D eigenvalue weighted by Gasteiger charge is 2.12. The van der Waals surface area contributed by atoms with Gasteiger partial charge in [0.1, 0.15) is 5.75 Å². The average Bonchev–Trinajstić information content (AvgIpc) is 2.38. The highest BCUT2D eigenvalue weighted by molar-refractivity contribution is 6.31. The maximum Gasteiger partial charge on any atom is 0.120 e. The van der Waals surface area contributed by atoms with E-state index < -0.39 is 0 Å². The van der Waals surface area contributed by atoms with Gasteiger partial charge in [-0.25, -0.2) is 0 Å². The number of hydrogen-bond donors (Lipinski definition) is 2. The van der Waals surface area contributed by atoms with Gasteiger partial charge in [0.25, 0.3) is 0 Å². The van der Waals surface area contributed by atoms with E-state index in [1.165, 1.54) is 0 Å². The number of hydrogen-bond acceptors (Lipinski definition) is 3. The van der Waals surface area contributed by atoms with Crippen LogP contribution in [0.25, 0.3) is 0 Å². The first kappa shape index (κ1) is 14.5. The predicted molar refractivity (Wildman–Crippen MR) is 85.9 cm³/mol. The van der Waals surface area contributed by atoms with Crippen molar-refractivity contribution in [3.63, 3.8) is 0 Å². The molecule has 0 amide bonds. The monoisotopic (exact) mass is 290 g/mol. The summed E-state index contributed by atoms with van der Waals surface area (Å²) in [4.78, 5) is 2.02. The molecule has 0 radical (unpaired) electrons. The molecule has 0 aromatic heterocycles. The maximum absolute atomic E-state index is 9.92. The number of rotatable bonds is 4. The standard InChI is InChI=1S/C16H19ClN2O/c1-11(13-6-4-5-7-16(13)20)18-14-10-12(17)8-9-15(14)19(2)3/h4-11,18,20H,1-3H3. The van der Waals surface area contributed by atoms with Gasteiger partial charge in [0.2, 0.25) is 0 Å². The molecule has 2 N–H and O–H groups in total. The van der Waals surface area contributed by atoms with Crippen LogP contribution in [0.5, 0.6) is 5.75 Å². The maximum atomic E-state index is 9.92. The lowest BCUT2D eigenvalue weighted by atomic mass is 10.1. The minimum Gasteiger partial charge on any atom is -0.508 e. The van der Waals surface area contributed by atoms with E-state index in [1.54, 1.807) is 6.07 Å². The Kier molecular flexibility index (Phi) is 4.40. The fourth-order valence-corrected chi connectivity index (χ4v) is 2.35.